The van der Waals surface area contributed by atoms with Crippen LogP contribution >= 0.6 is 0 Å². The molecule has 0 aliphatic carbocycles. The fraction of sp³-hybridized carbons (Fsp3) is 0.583. The molecule has 2 fully saturated rings. The fourth-order valence-corrected chi connectivity index (χ4v) is 4.33. The number of fused-ring (bicyclic) bond motifs is 1. The van der Waals surface area contributed by atoms with E-state index in [1.165, 1.54) is 10.9 Å². The number of carboxylic acids is 1. The number of hydrogen-bond donors (Lipinski definition) is 1. The minimum absolute atomic E-state index is 0.0212. The summed E-state index contributed by atoms with van der Waals surface area (Å²) in [5.41, 5.74) is -0.949. The molecule has 0 unspecified atom stereocenters. The van der Waals surface area contributed by atoms with E-state index in [9.17, 15) is 27.9 Å². The van der Waals surface area contributed by atoms with E-state index in [0.717, 1.165) is 12.1 Å². The Morgan fingerprint density at radius 1 is 1.21 bits per heavy atom. The molecule has 11 nitrogen and oxygen atoms in total. The van der Waals surface area contributed by atoms with Gasteiger partial charge in [0.25, 0.3) is 0 Å². The number of hydrogen-bond acceptors (Lipinski definition) is 9. The highest BCUT2D eigenvalue weighted by Crippen LogP contribution is 2.40. The Morgan fingerprint density at radius 3 is 2.47 bits per heavy atom. The van der Waals surface area contributed by atoms with Crippen LogP contribution in [0.3, 0.4) is 0 Å². The third kappa shape index (κ3) is 5.98. The zero-order chi connectivity index (χ0) is 28.0. The Kier molecular flexibility index (Phi) is 7.54. The van der Waals surface area contributed by atoms with Gasteiger partial charge in [0.05, 0.1) is 12.8 Å². The van der Waals surface area contributed by atoms with Crippen molar-refractivity contribution in [3.8, 4) is 11.3 Å². The molecule has 1 aromatic heterocycles. The number of carbonyl (C=O) groups excluding carboxylic acids is 1. The minimum Gasteiger partial charge on any atom is -0.479 e. The number of esters is 1. The lowest BCUT2D eigenvalue weighted by atomic mass is 9.91. The van der Waals surface area contributed by atoms with Crippen molar-refractivity contribution in [2.24, 2.45) is 0 Å². The summed E-state index contributed by atoms with van der Waals surface area (Å²) in [4.78, 5) is 24.5. The van der Waals surface area contributed by atoms with E-state index in [-0.39, 0.29) is 17.9 Å². The molecule has 0 bridgehead atoms. The molecule has 14 heteroatoms. The van der Waals surface area contributed by atoms with Gasteiger partial charge in [0.15, 0.2) is 29.3 Å². The van der Waals surface area contributed by atoms with Gasteiger partial charge in [0.2, 0.25) is 0 Å². The standard InChI is InChI=1S/C24H28F3N3O8/c1-23(2,3)37-16(31)10-34-20-18(19-15(36-21(20)22(32)33)9-35-24(4,5)38-19)30-8-14(28-29-30)11-6-12(25)17(27)13(26)7-11/h6-8,15,18-21H,9-10H2,1-5H3,(H,32,33)/t15-,18+,19+,20-,21-/m1/s1. The van der Waals surface area contributed by atoms with Crippen molar-refractivity contribution in [1.29, 1.82) is 0 Å². The molecule has 0 spiro atoms. The largest absolute Gasteiger partial charge is 0.479 e. The maximum atomic E-state index is 13.8. The van der Waals surface area contributed by atoms with E-state index in [1.54, 1.807) is 34.6 Å². The Labute approximate surface area is 215 Å². The van der Waals surface area contributed by atoms with Crippen molar-refractivity contribution in [3.05, 3.63) is 35.8 Å². The van der Waals surface area contributed by atoms with E-state index < -0.39 is 77.8 Å². The van der Waals surface area contributed by atoms with Gasteiger partial charge in [-0.2, -0.15) is 0 Å². The van der Waals surface area contributed by atoms with Gasteiger partial charge >= 0.3 is 11.9 Å². The number of aromatic nitrogens is 3. The minimum atomic E-state index is -1.63. The molecule has 0 amide bonds. The lowest BCUT2D eigenvalue weighted by Gasteiger charge is -2.50. The summed E-state index contributed by atoms with van der Waals surface area (Å²) in [5.74, 6) is -7.69. The number of aliphatic carboxylic acids is 1. The van der Waals surface area contributed by atoms with Crippen molar-refractivity contribution in [3.63, 3.8) is 0 Å². The Hall–Kier alpha value is -3.07. The second-order valence-corrected chi connectivity index (χ2v) is 10.4. The first-order valence-electron chi connectivity index (χ1n) is 11.8. The van der Waals surface area contributed by atoms with Gasteiger partial charge in [0, 0.05) is 5.56 Å². The zero-order valence-electron chi connectivity index (χ0n) is 21.3. The molecule has 4 rings (SSSR count). The molecule has 2 aliphatic heterocycles. The molecule has 2 aliphatic rings. The van der Waals surface area contributed by atoms with Crippen LogP contribution < -0.4 is 0 Å². The number of carbonyl (C=O) groups is 2. The van der Waals surface area contributed by atoms with Gasteiger partial charge in [0.1, 0.15) is 42.3 Å². The van der Waals surface area contributed by atoms with E-state index in [2.05, 4.69) is 10.3 Å². The van der Waals surface area contributed by atoms with Crippen LogP contribution in [0.25, 0.3) is 11.3 Å². The second-order valence-electron chi connectivity index (χ2n) is 10.4. The van der Waals surface area contributed by atoms with Crippen LogP contribution in [0.1, 0.15) is 40.7 Å². The van der Waals surface area contributed by atoms with Crippen LogP contribution in [0, 0.1) is 17.5 Å². The van der Waals surface area contributed by atoms with Crippen molar-refractivity contribution in [1.82, 2.24) is 15.0 Å². The highest BCUT2D eigenvalue weighted by molar-refractivity contribution is 5.74. The van der Waals surface area contributed by atoms with Gasteiger partial charge in [-0.15, -0.1) is 5.10 Å². The van der Waals surface area contributed by atoms with Crippen molar-refractivity contribution in [2.75, 3.05) is 13.2 Å². The summed E-state index contributed by atoms with van der Waals surface area (Å²) >= 11 is 0. The van der Waals surface area contributed by atoms with Crippen LogP contribution in [-0.4, -0.2) is 81.1 Å². The molecule has 2 saturated heterocycles. The molecule has 3 heterocycles. The fourth-order valence-electron chi connectivity index (χ4n) is 4.33. The Balaban J connectivity index is 1.72. The van der Waals surface area contributed by atoms with Gasteiger partial charge in [-0.25, -0.2) is 27.4 Å². The van der Waals surface area contributed by atoms with Crippen molar-refractivity contribution >= 4 is 11.9 Å². The number of carboxylic acid groups (broad SMARTS) is 1. The normalized spacial score (nSPS) is 27.0. The molecule has 1 aromatic carbocycles. The summed E-state index contributed by atoms with van der Waals surface area (Å²) < 4.78 is 70.8. The zero-order valence-corrected chi connectivity index (χ0v) is 21.3. The number of halogens is 3. The smallest absolute Gasteiger partial charge is 0.335 e. The van der Waals surface area contributed by atoms with Gasteiger partial charge < -0.3 is 28.8 Å². The first-order valence-corrected chi connectivity index (χ1v) is 11.8. The van der Waals surface area contributed by atoms with E-state index in [4.69, 9.17) is 23.7 Å². The van der Waals surface area contributed by atoms with E-state index in [1.807, 2.05) is 0 Å². The topological polar surface area (TPSA) is 131 Å². The number of nitrogens with zero attached hydrogens (tertiary/aromatic N) is 3. The van der Waals surface area contributed by atoms with Crippen LogP contribution in [0.2, 0.25) is 0 Å². The lowest BCUT2D eigenvalue weighted by Crippen LogP contribution is -2.64. The van der Waals surface area contributed by atoms with E-state index >= 15 is 0 Å². The lowest BCUT2D eigenvalue weighted by molar-refractivity contribution is -0.348. The average molecular weight is 543 g/mol. The number of benzene rings is 1. The molecule has 5 atom stereocenters. The molecule has 2 aromatic rings. The van der Waals surface area contributed by atoms with Gasteiger partial charge in [-0.1, -0.05) is 5.21 Å². The maximum Gasteiger partial charge on any atom is 0.335 e. The van der Waals surface area contributed by atoms with E-state index in [0.29, 0.717) is 0 Å². The molecular formula is C24H28F3N3O8. The Morgan fingerprint density at radius 2 is 1.87 bits per heavy atom. The predicted octanol–water partition coefficient (Wildman–Crippen LogP) is 2.63. The highest BCUT2D eigenvalue weighted by atomic mass is 19.2. The molecule has 0 saturated carbocycles. The molecule has 0 radical (unpaired) electrons. The van der Waals surface area contributed by atoms with Gasteiger partial charge in [-0.3, -0.25) is 0 Å². The van der Waals surface area contributed by atoms with Crippen molar-refractivity contribution in [2.45, 2.75) is 76.5 Å². The quantitative estimate of drug-likeness (QED) is 0.429. The van der Waals surface area contributed by atoms with Crippen LogP contribution in [-0.2, 0) is 33.3 Å². The SMILES string of the molecule is CC(C)(C)OC(=O)CO[C@@H]1[C@@H](n2cc(-c3cc(F)c(F)c(F)c3)nn2)[C@H]2OC(C)(C)OC[C@H]2O[C@H]1C(=O)O. The average Bonchev–Trinajstić information content (AvgIpc) is 3.28. The summed E-state index contributed by atoms with van der Waals surface area (Å²) in [7, 11) is 0. The van der Waals surface area contributed by atoms with Crippen LogP contribution in [0.4, 0.5) is 13.2 Å². The monoisotopic (exact) mass is 543 g/mol. The third-order valence-electron chi connectivity index (χ3n) is 5.83. The number of ether oxygens (including phenoxy) is 5. The molecular weight excluding hydrogens is 515 g/mol. The number of rotatable bonds is 6. The summed E-state index contributed by atoms with van der Waals surface area (Å²) in [6.07, 6.45) is -3.40. The summed E-state index contributed by atoms with van der Waals surface area (Å²) in [5, 5.41) is 17.9. The highest BCUT2D eigenvalue weighted by Gasteiger charge is 2.55. The second kappa shape index (κ2) is 10.2. The summed E-state index contributed by atoms with van der Waals surface area (Å²) in [6, 6.07) is 0.464. The van der Waals surface area contributed by atoms with Crippen LogP contribution in [0.15, 0.2) is 18.3 Å². The first kappa shape index (κ1) is 28.0. The third-order valence-corrected chi connectivity index (χ3v) is 5.83. The van der Waals surface area contributed by atoms with Crippen LogP contribution in [0.5, 0.6) is 0 Å². The van der Waals surface area contributed by atoms with Gasteiger partial charge in [-0.05, 0) is 46.8 Å². The Bertz CT molecular complexity index is 1190. The summed E-state index contributed by atoms with van der Waals surface area (Å²) in [6.45, 7) is 7.66. The predicted molar refractivity (Wildman–Crippen MR) is 121 cm³/mol. The molecule has 1 N–H and O–H groups in total. The first-order chi connectivity index (χ1) is 17.6. The van der Waals surface area contributed by atoms with Crippen molar-refractivity contribution < 1.29 is 51.6 Å². The maximum absolute atomic E-state index is 13.8. The molecule has 208 valence electrons. The molecule has 38 heavy (non-hydrogen) atoms.